The van der Waals surface area contributed by atoms with Gasteiger partial charge in [0.05, 0.1) is 7.11 Å². The van der Waals surface area contributed by atoms with E-state index >= 15 is 0 Å². The monoisotopic (exact) mass is 365 g/mol. The summed E-state index contributed by atoms with van der Waals surface area (Å²) in [5.74, 6) is 0.855. The highest BCUT2D eigenvalue weighted by molar-refractivity contribution is 9.10. The minimum atomic E-state index is 0.0870. The van der Waals surface area contributed by atoms with Gasteiger partial charge < -0.3 is 9.64 Å². The third-order valence-electron chi connectivity index (χ3n) is 4.13. The van der Waals surface area contributed by atoms with Crippen LogP contribution in [0, 0.1) is 0 Å². The minimum absolute atomic E-state index is 0.0870. The van der Waals surface area contributed by atoms with Crippen LogP contribution in [-0.4, -0.2) is 30.0 Å². The Morgan fingerprint density at radius 3 is 2.64 bits per heavy atom. The summed E-state index contributed by atoms with van der Waals surface area (Å²) in [4.78, 5) is 14.6. The summed E-state index contributed by atoms with van der Waals surface area (Å²) in [6.45, 7) is 4.17. The molecule has 1 aromatic rings. The van der Waals surface area contributed by atoms with Crippen molar-refractivity contribution in [3.8, 4) is 5.75 Å². The molecule has 1 aliphatic rings. The van der Waals surface area contributed by atoms with Crippen LogP contribution in [-0.2, 0) is 4.79 Å². The van der Waals surface area contributed by atoms with Crippen molar-refractivity contribution in [2.75, 3.05) is 7.11 Å². The third-order valence-corrected chi connectivity index (χ3v) is 4.62. The van der Waals surface area contributed by atoms with E-state index in [9.17, 15) is 4.79 Å². The number of amides is 1. The molecular formula is C18H24BrNO2. The fourth-order valence-electron chi connectivity index (χ4n) is 3.12. The molecule has 0 aliphatic heterocycles. The third kappa shape index (κ3) is 4.13. The Hall–Kier alpha value is -1.29. The molecule has 0 unspecified atom stereocenters. The molecule has 0 N–H and O–H groups in total. The maximum absolute atomic E-state index is 12.6. The van der Waals surface area contributed by atoms with Crippen LogP contribution in [0.25, 0.3) is 6.08 Å². The van der Waals surface area contributed by atoms with E-state index in [1.807, 2.05) is 29.2 Å². The Kier molecular flexibility index (Phi) is 6.07. The lowest BCUT2D eigenvalue weighted by Gasteiger charge is -2.31. The van der Waals surface area contributed by atoms with Crippen molar-refractivity contribution in [3.63, 3.8) is 0 Å². The van der Waals surface area contributed by atoms with Gasteiger partial charge in [-0.3, -0.25) is 4.79 Å². The van der Waals surface area contributed by atoms with Crippen LogP contribution in [0.3, 0.4) is 0 Å². The van der Waals surface area contributed by atoms with E-state index in [4.69, 9.17) is 4.74 Å². The molecule has 0 spiro atoms. The van der Waals surface area contributed by atoms with E-state index in [0.717, 1.165) is 28.6 Å². The average Bonchev–Trinajstić information content (AvgIpc) is 2.99. The van der Waals surface area contributed by atoms with Crippen molar-refractivity contribution in [1.29, 1.82) is 0 Å². The van der Waals surface area contributed by atoms with Gasteiger partial charge >= 0.3 is 0 Å². The summed E-state index contributed by atoms with van der Waals surface area (Å²) >= 11 is 3.45. The van der Waals surface area contributed by atoms with E-state index < -0.39 is 0 Å². The van der Waals surface area contributed by atoms with Gasteiger partial charge in [0.1, 0.15) is 5.75 Å². The maximum Gasteiger partial charge on any atom is 0.247 e. The highest BCUT2D eigenvalue weighted by atomic mass is 79.9. The van der Waals surface area contributed by atoms with Crippen molar-refractivity contribution in [1.82, 2.24) is 4.90 Å². The zero-order valence-electron chi connectivity index (χ0n) is 13.5. The van der Waals surface area contributed by atoms with Gasteiger partial charge in [-0.15, -0.1) is 0 Å². The Morgan fingerprint density at radius 1 is 1.36 bits per heavy atom. The highest BCUT2D eigenvalue weighted by Gasteiger charge is 2.27. The van der Waals surface area contributed by atoms with Crippen molar-refractivity contribution < 1.29 is 9.53 Å². The molecule has 0 saturated heterocycles. The van der Waals surface area contributed by atoms with E-state index in [1.165, 1.54) is 12.8 Å². The Morgan fingerprint density at radius 2 is 2.05 bits per heavy atom. The topological polar surface area (TPSA) is 29.5 Å². The lowest BCUT2D eigenvalue weighted by atomic mass is 10.1. The second-order valence-corrected chi connectivity index (χ2v) is 6.91. The number of nitrogens with zero attached hydrogens (tertiary/aromatic N) is 1. The molecule has 0 aromatic heterocycles. The Balaban J connectivity index is 2.17. The Bertz CT molecular complexity index is 548. The molecule has 1 aliphatic carbocycles. The molecule has 120 valence electrons. The van der Waals surface area contributed by atoms with Gasteiger partial charge in [-0.1, -0.05) is 28.8 Å². The molecule has 0 atom stereocenters. The number of hydrogen-bond donors (Lipinski definition) is 0. The normalized spacial score (nSPS) is 15.7. The number of carbonyl (C=O) groups is 1. The lowest BCUT2D eigenvalue weighted by molar-refractivity contribution is -0.130. The number of halogens is 1. The van der Waals surface area contributed by atoms with Crippen molar-refractivity contribution >= 4 is 27.9 Å². The first-order valence-corrected chi connectivity index (χ1v) is 8.66. The van der Waals surface area contributed by atoms with Crippen LogP contribution in [0.2, 0.25) is 0 Å². The largest absolute Gasteiger partial charge is 0.496 e. The fourth-order valence-corrected chi connectivity index (χ4v) is 3.50. The quantitative estimate of drug-likeness (QED) is 0.710. The first kappa shape index (κ1) is 17.1. The number of methoxy groups -OCH3 is 1. The molecule has 1 aromatic carbocycles. The molecule has 1 fully saturated rings. The van der Waals surface area contributed by atoms with Gasteiger partial charge in [0.2, 0.25) is 5.91 Å². The number of benzene rings is 1. The number of carbonyl (C=O) groups excluding carboxylic acids is 1. The number of ether oxygens (including phenoxy) is 1. The Labute approximate surface area is 141 Å². The van der Waals surface area contributed by atoms with Gasteiger partial charge in [0.15, 0.2) is 0 Å². The zero-order chi connectivity index (χ0) is 16.1. The highest BCUT2D eigenvalue weighted by Crippen LogP contribution is 2.27. The van der Waals surface area contributed by atoms with Gasteiger partial charge in [0, 0.05) is 28.2 Å². The summed E-state index contributed by atoms with van der Waals surface area (Å²) in [7, 11) is 1.64. The minimum Gasteiger partial charge on any atom is -0.496 e. The molecule has 3 nitrogen and oxygen atoms in total. The van der Waals surface area contributed by atoms with Crippen LogP contribution in [0.1, 0.15) is 45.1 Å². The van der Waals surface area contributed by atoms with Gasteiger partial charge in [-0.25, -0.2) is 0 Å². The lowest BCUT2D eigenvalue weighted by Crippen LogP contribution is -2.42. The predicted molar refractivity (Wildman–Crippen MR) is 94.0 cm³/mol. The SMILES string of the molecule is COc1ccc(Br)cc1/C=C/C(=O)N(C(C)C)C1CCCC1. The molecule has 0 radical (unpaired) electrons. The molecule has 2 rings (SSSR count). The van der Waals surface area contributed by atoms with E-state index in [-0.39, 0.29) is 11.9 Å². The predicted octanol–water partition coefficient (Wildman–Crippen LogP) is 4.65. The van der Waals surface area contributed by atoms with E-state index in [0.29, 0.717) is 6.04 Å². The molecular weight excluding hydrogens is 342 g/mol. The van der Waals surface area contributed by atoms with Gasteiger partial charge in [0.25, 0.3) is 0 Å². The smallest absolute Gasteiger partial charge is 0.247 e. The molecule has 1 amide bonds. The van der Waals surface area contributed by atoms with Gasteiger partial charge in [-0.2, -0.15) is 0 Å². The molecule has 22 heavy (non-hydrogen) atoms. The second-order valence-electron chi connectivity index (χ2n) is 6.00. The summed E-state index contributed by atoms with van der Waals surface area (Å²) in [6.07, 6.45) is 8.21. The molecule has 1 saturated carbocycles. The van der Waals surface area contributed by atoms with Gasteiger partial charge in [-0.05, 0) is 51.0 Å². The fraction of sp³-hybridized carbons (Fsp3) is 0.500. The second kappa shape index (κ2) is 7.82. The summed E-state index contributed by atoms with van der Waals surface area (Å²) in [5.41, 5.74) is 0.903. The molecule has 4 heteroatoms. The van der Waals surface area contributed by atoms with Crippen LogP contribution in [0.15, 0.2) is 28.7 Å². The standard InChI is InChI=1S/C18H24BrNO2/c1-13(2)20(16-6-4-5-7-16)18(21)11-8-14-12-15(19)9-10-17(14)22-3/h8-13,16H,4-7H2,1-3H3/b11-8+. The zero-order valence-corrected chi connectivity index (χ0v) is 15.1. The van der Waals surface area contributed by atoms with Crippen molar-refractivity contribution in [3.05, 3.63) is 34.3 Å². The molecule has 0 heterocycles. The van der Waals surface area contributed by atoms with Crippen molar-refractivity contribution in [2.24, 2.45) is 0 Å². The van der Waals surface area contributed by atoms with Crippen LogP contribution < -0.4 is 4.74 Å². The van der Waals surface area contributed by atoms with E-state index in [1.54, 1.807) is 13.2 Å². The molecule has 0 bridgehead atoms. The van der Waals surface area contributed by atoms with Crippen LogP contribution >= 0.6 is 15.9 Å². The van der Waals surface area contributed by atoms with Crippen LogP contribution in [0.5, 0.6) is 5.75 Å². The van der Waals surface area contributed by atoms with Crippen molar-refractivity contribution in [2.45, 2.75) is 51.6 Å². The summed E-state index contributed by atoms with van der Waals surface area (Å²) in [5, 5.41) is 0. The summed E-state index contributed by atoms with van der Waals surface area (Å²) < 4.78 is 6.31. The van der Waals surface area contributed by atoms with E-state index in [2.05, 4.69) is 29.8 Å². The maximum atomic E-state index is 12.6. The number of hydrogen-bond acceptors (Lipinski definition) is 2. The average molecular weight is 366 g/mol. The first-order valence-electron chi connectivity index (χ1n) is 7.87. The van der Waals surface area contributed by atoms with Crippen LogP contribution in [0.4, 0.5) is 0 Å². The summed E-state index contributed by atoms with van der Waals surface area (Å²) in [6, 6.07) is 6.39. The number of rotatable bonds is 5. The first-order chi connectivity index (χ1) is 10.5.